The molecule has 6 nitrogen and oxygen atoms in total. The van der Waals surface area contributed by atoms with Gasteiger partial charge in [-0.2, -0.15) is 4.31 Å². The van der Waals surface area contributed by atoms with Crippen molar-refractivity contribution in [3.63, 3.8) is 0 Å². The van der Waals surface area contributed by atoms with Gasteiger partial charge in [-0.1, -0.05) is 18.0 Å². The van der Waals surface area contributed by atoms with Gasteiger partial charge in [0.15, 0.2) is 0 Å². The maximum atomic E-state index is 13.4. The number of aryl methyl sites for hydroxylation is 1. The topological polar surface area (TPSA) is 78.5 Å². The van der Waals surface area contributed by atoms with Crippen LogP contribution in [-0.2, 0) is 10.0 Å². The molecule has 2 aromatic carbocycles. The van der Waals surface area contributed by atoms with Crippen LogP contribution in [0.4, 0.5) is 14.9 Å². The van der Waals surface area contributed by atoms with E-state index in [0.29, 0.717) is 35.8 Å². The van der Waals surface area contributed by atoms with Crippen molar-refractivity contribution in [1.29, 1.82) is 0 Å². The van der Waals surface area contributed by atoms with Gasteiger partial charge in [-0.05, 0) is 74.2 Å². The van der Waals surface area contributed by atoms with E-state index >= 15 is 0 Å². The lowest BCUT2D eigenvalue weighted by molar-refractivity contribution is 0.234. The zero-order valence-corrected chi connectivity index (χ0v) is 18.3. The van der Waals surface area contributed by atoms with E-state index < -0.39 is 15.8 Å². The Labute approximate surface area is 181 Å². The van der Waals surface area contributed by atoms with Crippen molar-refractivity contribution in [2.45, 2.75) is 43.5 Å². The molecule has 0 aromatic heterocycles. The maximum absolute atomic E-state index is 13.4. The highest BCUT2D eigenvalue weighted by atomic mass is 35.5. The van der Waals surface area contributed by atoms with Crippen LogP contribution in [0.3, 0.4) is 0 Å². The number of sulfonamides is 1. The summed E-state index contributed by atoms with van der Waals surface area (Å²) < 4.78 is 41.3. The van der Waals surface area contributed by atoms with E-state index in [4.69, 9.17) is 11.6 Å². The number of hydrogen-bond donors (Lipinski definition) is 2. The molecule has 2 aromatic rings. The van der Waals surface area contributed by atoms with Crippen molar-refractivity contribution in [2.75, 3.05) is 18.4 Å². The van der Waals surface area contributed by atoms with E-state index in [1.165, 1.54) is 22.5 Å². The van der Waals surface area contributed by atoms with Crippen LogP contribution in [0.2, 0.25) is 5.02 Å². The Morgan fingerprint density at radius 3 is 2.63 bits per heavy atom. The molecule has 1 heterocycles. The number of piperidine rings is 1. The molecule has 30 heavy (non-hydrogen) atoms. The number of nitrogens with zero attached hydrogens (tertiary/aromatic N) is 1. The van der Waals surface area contributed by atoms with Gasteiger partial charge in [0, 0.05) is 29.8 Å². The van der Waals surface area contributed by atoms with Crippen molar-refractivity contribution < 1.29 is 17.6 Å². The van der Waals surface area contributed by atoms with Gasteiger partial charge in [0.05, 0.1) is 4.90 Å². The van der Waals surface area contributed by atoms with Gasteiger partial charge in [0.1, 0.15) is 5.82 Å². The number of carbonyl (C=O) groups is 1. The van der Waals surface area contributed by atoms with E-state index in [9.17, 15) is 17.6 Å². The van der Waals surface area contributed by atoms with Crippen molar-refractivity contribution >= 4 is 33.3 Å². The van der Waals surface area contributed by atoms with Crippen LogP contribution in [-0.4, -0.2) is 37.9 Å². The average molecular weight is 454 g/mol. The predicted molar refractivity (Wildman–Crippen MR) is 116 cm³/mol. The summed E-state index contributed by atoms with van der Waals surface area (Å²) in [5.74, 6) is -0.461. The summed E-state index contributed by atoms with van der Waals surface area (Å²) in [7, 11) is -3.74. The van der Waals surface area contributed by atoms with Crippen molar-refractivity contribution in [3.8, 4) is 0 Å². The molecule has 0 bridgehead atoms. The molecule has 0 radical (unpaired) electrons. The maximum Gasteiger partial charge on any atom is 0.319 e. The Bertz CT molecular complexity index is 999. The number of nitrogens with one attached hydrogen (secondary N) is 2. The monoisotopic (exact) mass is 453 g/mol. The number of benzene rings is 2. The minimum absolute atomic E-state index is 0.129. The number of carbonyl (C=O) groups excluding carboxylic acids is 1. The number of anilines is 1. The summed E-state index contributed by atoms with van der Waals surface area (Å²) in [5, 5.41) is 6.06. The molecule has 0 spiro atoms. The number of amides is 2. The fourth-order valence-corrected chi connectivity index (χ4v) is 5.73. The number of urea groups is 1. The highest BCUT2D eigenvalue weighted by Gasteiger charge is 2.34. The Morgan fingerprint density at radius 2 is 1.93 bits per heavy atom. The summed E-state index contributed by atoms with van der Waals surface area (Å²) in [4.78, 5) is 12.2. The Hall–Kier alpha value is -2.16. The summed E-state index contributed by atoms with van der Waals surface area (Å²) in [6.45, 7) is 2.34. The number of rotatable bonds is 6. The predicted octanol–water partition coefficient (Wildman–Crippen LogP) is 4.54. The van der Waals surface area contributed by atoms with Crippen LogP contribution in [0.5, 0.6) is 0 Å². The Morgan fingerprint density at radius 1 is 1.20 bits per heavy atom. The molecule has 162 valence electrons. The highest BCUT2D eigenvalue weighted by Crippen LogP contribution is 2.28. The SMILES string of the molecule is Cc1cc(F)ccc1S(=O)(=O)N1CCCC[C@@H]1CCNC(=O)Nc1ccc(Cl)cc1. The van der Waals surface area contributed by atoms with E-state index in [2.05, 4.69) is 10.6 Å². The first-order valence-corrected chi connectivity index (χ1v) is 11.7. The highest BCUT2D eigenvalue weighted by molar-refractivity contribution is 7.89. The molecule has 3 rings (SSSR count). The summed E-state index contributed by atoms with van der Waals surface area (Å²) in [6, 6.07) is 9.89. The zero-order chi connectivity index (χ0) is 21.7. The normalized spacial score (nSPS) is 17.5. The van der Waals surface area contributed by atoms with E-state index in [1.807, 2.05) is 0 Å². The van der Waals surface area contributed by atoms with Crippen molar-refractivity contribution in [2.24, 2.45) is 0 Å². The van der Waals surface area contributed by atoms with Gasteiger partial charge in [0.2, 0.25) is 10.0 Å². The first kappa shape index (κ1) is 22.5. The minimum atomic E-state index is -3.74. The lowest BCUT2D eigenvalue weighted by Crippen LogP contribution is -2.45. The number of hydrogen-bond acceptors (Lipinski definition) is 3. The zero-order valence-electron chi connectivity index (χ0n) is 16.7. The molecular weight excluding hydrogens is 429 g/mol. The molecule has 0 aliphatic carbocycles. The lowest BCUT2D eigenvalue weighted by atomic mass is 10.0. The molecule has 2 N–H and O–H groups in total. The molecule has 1 fully saturated rings. The van der Waals surface area contributed by atoms with Crippen LogP contribution in [0.15, 0.2) is 47.4 Å². The quantitative estimate of drug-likeness (QED) is 0.673. The van der Waals surface area contributed by atoms with Crippen molar-refractivity contribution in [3.05, 3.63) is 58.9 Å². The van der Waals surface area contributed by atoms with E-state index in [-0.39, 0.29) is 17.0 Å². The van der Waals surface area contributed by atoms with Crippen LogP contribution in [0.1, 0.15) is 31.2 Å². The van der Waals surface area contributed by atoms with Crippen molar-refractivity contribution in [1.82, 2.24) is 9.62 Å². The van der Waals surface area contributed by atoms with Gasteiger partial charge in [-0.3, -0.25) is 0 Å². The Kier molecular flexibility index (Phi) is 7.33. The first-order chi connectivity index (χ1) is 14.3. The van der Waals surface area contributed by atoms with Gasteiger partial charge in [-0.15, -0.1) is 0 Å². The van der Waals surface area contributed by atoms with Gasteiger partial charge in [-0.25, -0.2) is 17.6 Å². The first-order valence-electron chi connectivity index (χ1n) is 9.86. The van der Waals surface area contributed by atoms with E-state index in [0.717, 1.165) is 19.3 Å². The van der Waals surface area contributed by atoms with Crippen LogP contribution >= 0.6 is 11.6 Å². The third-order valence-electron chi connectivity index (χ3n) is 5.16. The third-order valence-corrected chi connectivity index (χ3v) is 7.53. The van der Waals surface area contributed by atoms with E-state index in [1.54, 1.807) is 31.2 Å². The summed E-state index contributed by atoms with van der Waals surface area (Å²) in [5.41, 5.74) is 1.00. The molecule has 1 saturated heterocycles. The third kappa shape index (κ3) is 5.50. The summed E-state index contributed by atoms with van der Waals surface area (Å²) in [6.07, 6.45) is 2.92. The average Bonchev–Trinajstić information content (AvgIpc) is 2.70. The second-order valence-electron chi connectivity index (χ2n) is 7.35. The smallest absolute Gasteiger partial charge is 0.319 e. The van der Waals surface area contributed by atoms with Gasteiger partial charge in [0.25, 0.3) is 0 Å². The molecule has 1 atom stereocenters. The van der Waals surface area contributed by atoms with Gasteiger partial charge < -0.3 is 10.6 Å². The molecule has 2 amide bonds. The van der Waals surface area contributed by atoms with Crippen LogP contribution in [0, 0.1) is 12.7 Å². The van der Waals surface area contributed by atoms with Crippen LogP contribution < -0.4 is 10.6 Å². The fraction of sp³-hybridized carbons (Fsp3) is 0.381. The molecule has 0 unspecified atom stereocenters. The molecule has 0 saturated carbocycles. The van der Waals surface area contributed by atoms with Gasteiger partial charge >= 0.3 is 6.03 Å². The fourth-order valence-electron chi connectivity index (χ4n) is 3.67. The van der Waals surface area contributed by atoms with Crippen LogP contribution in [0.25, 0.3) is 0 Å². The largest absolute Gasteiger partial charge is 0.338 e. The molecule has 9 heteroatoms. The molecule has 1 aliphatic rings. The molecular formula is C21H25ClFN3O3S. The summed E-state index contributed by atoms with van der Waals surface area (Å²) >= 11 is 5.83. The Balaban J connectivity index is 1.61. The molecule has 1 aliphatic heterocycles. The lowest BCUT2D eigenvalue weighted by Gasteiger charge is -2.35. The minimum Gasteiger partial charge on any atom is -0.338 e. The number of halogens is 2. The second kappa shape index (κ2) is 9.76. The second-order valence-corrected chi connectivity index (χ2v) is 9.65. The standard InChI is InChI=1S/C21H25ClFN3O3S/c1-15-14-17(23)7-10-20(15)30(28,29)26-13-3-2-4-19(26)11-12-24-21(27)25-18-8-5-16(22)6-9-18/h5-10,14,19H,2-4,11-13H2,1H3,(H2,24,25,27)/t19-/m1/s1.